The number of sulfonamides is 1. The van der Waals surface area contributed by atoms with Gasteiger partial charge in [0.2, 0.25) is 10.0 Å². The van der Waals surface area contributed by atoms with Crippen LogP contribution in [0.4, 0.5) is 17.6 Å². The molecule has 0 aliphatic rings. The van der Waals surface area contributed by atoms with Crippen LogP contribution in [0.3, 0.4) is 0 Å². The molecular formula is C12H12F4N2O2S. The second kappa shape index (κ2) is 6.41. The van der Waals surface area contributed by atoms with Crippen molar-refractivity contribution in [2.24, 2.45) is 0 Å². The standard InChI is InChI=1S/C12H12F4N2O2S/c1-2-5-18(8-12(14,15)16)21(19,20)10-3-4-11(13)9(6-10)7-17/h3-4,6H,2,5,8H2,1H3. The molecule has 1 aromatic rings. The predicted octanol–water partition coefficient (Wildman–Crippen LogP) is 2.66. The highest BCUT2D eigenvalue weighted by Crippen LogP contribution is 2.24. The summed E-state index contributed by atoms with van der Waals surface area (Å²) in [7, 11) is -4.45. The number of halogens is 4. The van der Waals surface area contributed by atoms with Crippen molar-refractivity contribution in [3.05, 3.63) is 29.6 Å². The lowest BCUT2D eigenvalue weighted by Gasteiger charge is -2.23. The van der Waals surface area contributed by atoms with Gasteiger partial charge < -0.3 is 0 Å². The number of hydrogen-bond donors (Lipinski definition) is 0. The van der Waals surface area contributed by atoms with E-state index in [1.165, 1.54) is 13.0 Å². The molecule has 0 N–H and O–H groups in total. The minimum Gasteiger partial charge on any atom is -0.207 e. The van der Waals surface area contributed by atoms with Gasteiger partial charge in [-0.3, -0.25) is 0 Å². The van der Waals surface area contributed by atoms with E-state index < -0.39 is 39.0 Å². The molecule has 0 unspecified atom stereocenters. The van der Waals surface area contributed by atoms with Crippen molar-refractivity contribution in [1.29, 1.82) is 5.26 Å². The first-order valence-corrected chi connectivity index (χ1v) is 7.32. The Morgan fingerprint density at radius 2 is 1.95 bits per heavy atom. The van der Waals surface area contributed by atoms with E-state index in [2.05, 4.69) is 0 Å². The quantitative estimate of drug-likeness (QED) is 0.782. The highest BCUT2D eigenvalue weighted by Gasteiger charge is 2.36. The molecular weight excluding hydrogens is 312 g/mol. The van der Waals surface area contributed by atoms with Gasteiger partial charge in [0.1, 0.15) is 18.4 Å². The van der Waals surface area contributed by atoms with Gasteiger partial charge in [0.05, 0.1) is 10.5 Å². The van der Waals surface area contributed by atoms with Crippen molar-refractivity contribution in [2.45, 2.75) is 24.4 Å². The fourth-order valence-corrected chi connectivity index (χ4v) is 3.18. The smallest absolute Gasteiger partial charge is 0.207 e. The zero-order valence-electron chi connectivity index (χ0n) is 11.0. The van der Waals surface area contributed by atoms with Gasteiger partial charge in [-0.05, 0) is 24.6 Å². The molecule has 21 heavy (non-hydrogen) atoms. The third-order valence-electron chi connectivity index (χ3n) is 2.52. The Hall–Kier alpha value is -1.66. The van der Waals surface area contributed by atoms with Crippen LogP contribution >= 0.6 is 0 Å². The summed E-state index contributed by atoms with van der Waals surface area (Å²) < 4.78 is 75.2. The minimum absolute atomic E-state index is 0.182. The van der Waals surface area contributed by atoms with Crippen LogP contribution in [0.2, 0.25) is 0 Å². The zero-order valence-corrected chi connectivity index (χ0v) is 11.8. The third kappa shape index (κ3) is 4.41. The van der Waals surface area contributed by atoms with Gasteiger partial charge in [0.15, 0.2) is 0 Å². The summed E-state index contributed by atoms with van der Waals surface area (Å²) in [5.41, 5.74) is -0.542. The van der Waals surface area contributed by atoms with Gasteiger partial charge in [-0.2, -0.15) is 22.7 Å². The van der Waals surface area contributed by atoms with E-state index in [0.717, 1.165) is 18.2 Å². The van der Waals surface area contributed by atoms with Gasteiger partial charge in [-0.1, -0.05) is 6.92 Å². The molecule has 0 spiro atoms. The average molecular weight is 324 g/mol. The Bertz CT molecular complexity index is 650. The Labute approximate surface area is 119 Å². The van der Waals surface area contributed by atoms with Gasteiger partial charge in [-0.15, -0.1) is 0 Å². The molecule has 4 nitrogen and oxygen atoms in total. The number of nitrogens with zero attached hydrogens (tertiary/aromatic N) is 2. The summed E-state index contributed by atoms with van der Waals surface area (Å²) in [5.74, 6) is -0.936. The van der Waals surface area contributed by atoms with Gasteiger partial charge in [0, 0.05) is 6.54 Å². The van der Waals surface area contributed by atoms with Crippen molar-refractivity contribution in [3.63, 3.8) is 0 Å². The maximum absolute atomic E-state index is 13.2. The van der Waals surface area contributed by atoms with E-state index in [1.807, 2.05) is 0 Å². The second-order valence-electron chi connectivity index (χ2n) is 4.21. The highest BCUT2D eigenvalue weighted by atomic mass is 32.2. The van der Waals surface area contributed by atoms with Crippen LogP contribution in [0.1, 0.15) is 18.9 Å². The summed E-state index contributed by atoms with van der Waals surface area (Å²) in [6.45, 7) is -0.437. The van der Waals surface area contributed by atoms with Gasteiger partial charge in [-0.25, -0.2) is 12.8 Å². The lowest BCUT2D eigenvalue weighted by Crippen LogP contribution is -2.39. The van der Waals surface area contributed by atoms with Crippen LogP contribution in [-0.4, -0.2) is 32.0 Å². The summed E-state index contributed by atoms with van der Waals surface area (Å²) in [5, 5.41) is 8.66. The molecule has 1 aromatic carbocycles. The average Bonchev–Trinajstić information content (AvgIpc) is 2.37. The van der Waals surface area contributed by atoms with Crippen LogP contribution in [0.5, 0.6) is 0 Å². The lowest BCUT2D eigenvalue weighted by atomic mass is 10.2. The molecule has 0 aliphatic heterocycles. The Kier molecular flexibility index (Phi) is 5.31. The van der Waals surface area contributed by atoms with Crippen LogP contribution in [0.25, 0.3) is 0 Å². The highest BCUT2D eigenvalue weighted by molar-refractivity contribution is 7.89. The molecule has 1 rings (SSSR count). The summed E-state index contributed by atoms with van der Waals surface area (Å²) in [6, 6.07) is 3.75. The summed E-state index contributed by atoms with van der Waals surface area (Å²) >= 11 is 0. The van der Waals surface area contributed by atoms with Crippen molar-refractivity contribution >= 4 is 10.0 Å². The van der Waals surface area contributed by atoms with Crippen molar-refractivity contribution in [1.82, 2.24) is 4.31 Å². The van der Waals surface area contributed by atoms with Crippen molar-refractivity contribution < 1.29 is 26.0 Å². The van der Waals surface area contributed by atoms with E-state index in [4.69, 9.17) is 5.26 Å². The first-order valence-electron chi connectivity index (χ1n) is 5.88. The first kappa shape index (κ1) is 17.4. The number of benzene rings is 1. The van der Waals surface area contributed by atoms with E-state index in [9.17, 15) is 26.0 Å². The van der Waals surface area contributed by atoms with E-state index in [0.29, 0.717) is 0 Å². The number of alkyl halides is 3. The summed E-state index contributed by atoms with van der Waals surface area (Å²) in [4.78, 5) is -0.543. The zero-order chi connectivity index (χ0) is 16.3. The van der Waals surface area contributed by atoms with E-state index in [1.54, 1.807) is 0 Å². The van der Waals surface area contributed by atoms with Crippen LogP contribution < -0.4 is 0 Å². The number of nitriles is 1. The summed E-state index contributed by atoms with van der Waals surface area (Å²) in [6.07, 6.45) is -4.51. The monoisotopic (exact) mass is 324 g/mol. The van der Waals surface area contributed by atoms with E-state index >= 15 is 0 Å². The predicted molar refractivity (Wildman–Crippen MR) is 66.2 cm³/mol. The maximum Gasteiger partial charge on any atom is 0.402 e. The largest absolute Gasteiger partial charge is 0.402 e. The normalized spacial score (nSPS) is 12.4. The maximum atomic E-state index is 13.2. The molecule has 9 heteroatoms. The van der Waals surface area contributed by atoms with Crippen molar-refractivity contribution in [3.8, 4) is 6.07 Å². The third-order valence-corrected chi connectivity index (χ3v) is 4.37. The topological polar surface area (TPSA) is 61.2 Å². The molecule has 0 aliphatic carbocycles. The fraction of sp³-hybridized carbons (Fsp3) is 0.417. The molecule has 116 valence electrons. The molecule has 0 saturated heterocycles. The Balaban J connectivity index is 3.26. The molecule has 0 fully saturated rings. The number of rotatable bonds is 5. The SMILES string of the molecule is CCCN(CC(F)(F)F)S(=O)(=O)c1ccc(F)c(C#N)c1. The fourth-order valence-electron chi connectivity index (χ4n) is 1.63. The molecule has 0 saturated carbocycles. The van der Waals surface area contributed by atoms with Gasteiger partial charge >= 0.3 is 6.18 Å². The molecule has 0 radical (unpaired) electrons. The van der Waals surface area contributed by atoms with Gasteiger partial charge in [0.25, 0.3) is 0 Å². The van der Waals surface area contributed by atoms with Crippen LogP contribution in [0.15, 0.2) is 23.1 Å². The molecule has 0 amide bonds. The Morgan fingerprint density at radius 3 is 2.43 bits per heavy atom. The minimum atomic E-state index is -4.69. The molecule has 0 atom stereocenters. The Morgan fingerprint density at radius 1 is 1.33 bits per heavy atom. The lowest BCUT2D eigenvalue weighted by molar-refractivity contribution is -0.136. The number of hydrogen-bond acceptors (Lipinski definition) is 3. The van der Waals surface area contributed by atoms with Crippen LogP contribution in [0, 0.1) is 17.1 Å². The molecule has 0 heterocycles. The molecule has 0 aromatic heterocycles. The van der Waals surface area contributed by atoms with Crippen LogP contribution in [-0.2, 0) is 10.0 Å². The van der Waals surface area contributed by atoms with E-state index in [-0.39, 0.29) is 17.3 Å². The molecule has 0 bridgehead atoms. The first-order chi connectivity index (χ1) is 9.61. The van der Waals surface area contributed by atoms with Crippen molar-refractivity contribution in [2.75, 3.05) is 13.1 Å². The second-order valence-corrected chi connectivity index (χ2v) is 6.15.